The summed E-state index contributed by atoms with van der Waals surface area (Å²) in [6.07, 6.45) is 0.881. The molecule has 1 aromatic carbocycles. The van der Waals surface area contributed by atoms with Gasteiger partial charge in [0.05, 0.1) is 0 Å². The van der Waals surface area contributed by atoms with Crippen molar-refractivity contribution in [3.8, 4) is 0 Å². The van der Waals surface area contributed by atoms with Crippen molar-refractivity contribution in [3.05, 3.63) is 35.4 Å². The number of carbonyl (C=O) groups excluding carboxylic acids is 1. The first kappa shape index (κ1) is 12.2. The predicted octanol–water partition coefficient (Wildman–Crippen LogP) is 2.76. The van der Waals surface area contributed by atoms with Crippen LogP contribution in [0.4, 0.5) is 0 Å². The highest BCUT2D eigenvalue weighted by molar-refractivity contribution is 9.09. The minimum atomic E-state index is 0.0133. The molecule has 1 aromatic rings. The molecule has 0 radical (unpaired) electrons. The van der Waals surface area contributed by atoms with Gasteiger partial charge in [-0.1, -0.05) is 41.1 Å². The van der Waals surface area contributed by atoms with Crippen molar-refractivity contribution >= 4 is 21.8 Å². The average Bonchev–Trinajstić information content (AvgIpc) is 2.28. The van der Waals surface area contributed by atoms with Crippen LogP contribution in [-0.4, -0.2) is 17.3 Å². The maximum Gasteiger partial charge on any atom is 0.251 e. The SMILES string of the molecule is CCc1ccccc1C(=O)NC(C)CBr. The van der Waals surface area contributed by atoms with Gasteiger partial charge < -0.3 is 5.32 Å². The summed E-state index contributed by atoms with van der Waals surface area (Å²) in [5, 5.41) is 3.71. The Hall–Kier alpha value is -0.830. The maximum absolute atomic E-state index is 11.9. The largest absolute Gasteiger partial charge is 0.349 e. The molecule has 0 saturated carbocycles. The summed E-state index contributed by atoms with van der Waals surface area (Å²) in [7, 11) is 0. The summed E-state index contributed by atoms with van der Waals surface area (Å²) >= 11 is 3.34. The molecule has 3 heteroatoms. The number of rotatable bonds is 4. The first-order valence-corrected chi connectivity index (χ1v) is 6.26. The van der Waals surface area contributed by atoms with Crippen molar-refractivity contribution in [2.24, 2.45) is 0 Å². The number of nitrogens with one attached hydrogen (secondary N) is 1. The number of aryl methyl sites for hydroxylation is 1. The third-order valence-electron chi connectivity index (χ3n) is 2.25. The van der Waals surface area contributed by atoms with E-state index < -0.39 is 0 Å². The van der Waals surface area contributed by atoms with Crippen molar-refractivity contribution in [2.45, 2.75) is 26.3 Å². The van der Waals surface area contributed by atoms with Crippen LogP contribution < -0.4 is 5.32 Å². The second-order valence-electron chi connectivity index (χ2n) is 3.54. The van der Waals surface area contributed by atoms with Crippen molar-refractivity contribution in [2.75, 3.05) is 5.33 Å². The lowest BCUT2D eigenvalue weighted by Gasteiger charge is -2.12. The maximum atomic E-state index is 11.9. The van der Waals surface area contributed by atoms with Gasteiger partial charge in [-0.3, -0.25) is 4.79 Å². The lowest BCUT2D eigenvalue weighted by atomic mass is 10.0. The zero-order valence-corrected chi connectivity index (χ0v) is 10.7. The molecule has 0 bridgehead atoms. The number of hydrogen-bond donors (Lipinski definition) is 1. The lowest BCUT2D eigenvalue weighted by molar-refractivity contribution is 0.0943. The first-order valence-electron chi connectivity index (χ1n) is 5.13. The van der Waals surface area contributed by atoms with Gasteiger partial charge in [0, 0.05) is 16.9 Å². The Morgan fingerprint density at radius 1 is 1.47 bits per heavy atom. The fraction of sp³-hybridized carbons (Fsp3) is 0.417. The molecular weight excluding hydrogens is 254 g/mol. The number of amides is 1. The zero-order chi connectivity index (χ0) is 11.3. The molecule has 0 aromatic heterocycles. The van der Waals surface area contributed by atoms with Crippen LogP contribution >= 0.6 is 15.9 Å². The topological polar surface area (TPSA) is 29.1 Å². The fourth-order valence-electron chi connectivity index (χ4n) is 1.39. The summed E-state index contributed by atoms with van der Waals surface area (Å²) in [5.41, 5.74) is 1.88. The van der Waals surface area contributed by atoms with Crippen LogP contribution in [0.3, 0.4) is 0 Å². The Labute approximate surface area is 99.2 Å². The van der Waals surface area contributed by atoms with E-state index in [1.807, 2.05) is 31.2 Å². The van der Waals surface area contributed by atoms with Gasteiger partial charge in [-0.25, -0.2) is 0 Å². The Kier molecular flexibility index (Phi) is 4.82. The fourth-order valence-corrected chi connectivity index (χ4v) is 1.55. The van der Waals surface area contributed by atoms with Crippen molar-refractivity contribution in [1.82, 2.24) is 5.32 Å². The summed E-state index contributed by atoms with van der Waals surface area (Å²) in [6.45, 7) is 4.03. The second-order valence-corrected chi connectivity index (χ2v) is 4.19. The smallest absolute Gasteiger partial charge is 0.251 e. The Balaban J connectivity index is 2.81. The van der Waals surface area contributed by atoms with Gasteiger partial charge in [0.15, 0.2) is 0 Å². The van der Waals surface area contributed by atoms with Gasteiger partial charge >= 0.3 is 0 Å². The molecule has 0 aliphatic carbocycles. The van der Waals surface area contributed by atoms with Gasteiger partial charge in [-0.2, -0.15) is 0 Å². The van der Waals surface area contributed by atoms with E-state index in [9.17, 15) is 4.79 Å². The van der Waals surface area contributed by atoms with E-state index in [-0.39, 0.29) is 11.9 Å². The molecule has 0 spiro atoms. The molecule has 1 rings (SSSR count). The third-order valence-corrected chi connectivity index (χ3v) is 3.22. The molecule has 82 valence electrons. The number of benzene rings is 1. The Morgan fingerprint density at radius 3 is 2.73 bits per heavy atom. The summed E-state index contributed by atoms with van der Waals surface area (Å²) in [4.78, 5) is 11.9. The van der Waals surface area contributed by atoms with E-state index in [1.165, 1.54) is 0 Å². The minimum Gasteiger partial charge on any atom is -0.349 e. The van der Waals surface area contributed by atoms with Crippen LogP contribution in [0.5, 0.6) is 0 Å². The van der Waals surface area contributed by atoms with Crippen molar-refractivity contribution in [3.63, 3.8) is 0 Å². The zero-order valence-electron chi connectivity index (χ0n) is 9.09. The van der Waals surface area contributed by atoms with Crippen LogP contribution in [0.15, 0.2) is 24.3 Å². The minimum absolute atomic E-state index is 0.0133. The summed E-state index contributed by atoms with van der Waals surface area (Å²) in [6, 6.07) is 7.88. The molecule has 1 amide bonds. The lowest BCUT2D eigenvalue weighted by Crippen LogP contribution is -2.34. The Bertz CT molecular complexity index is 338. The van der Waals surface area contributed by atoms with E-state index in [1.54, 1.807) is 0 Å². The normalized spacial score (nSPS) is 12.2. The highest BCUT2D eigenvalue weighted by Gasteiger charge is 2.11. The number of carbonyl (C=O) groups is 1. The van der Waals surface area contributed by atoms with Gasteiger partial charge in [0.2, 0.25) is 0 Å². The highest BCUT2D eigenvalue weighted by Crippen LogP contribution is 2.09. The molecule has 0 aliphatic heterocycles. The van der Waals surface area contributed by atoms with E-state index in [0.29, 0.717) is 0 Å². The van der Waals surface area contributed by atoms with Gasteiger partial charge in [0.25, 0.3) is 5.91 Å². The monoisotopic (exact) mass is 269 g/mol. The molecule has 0 saturated heterocycles. The molecule has 1 unspecified atom stereocenters. The molecule has 15 heavy (non-hydrogen) atoms. The van der Waals surface area contributed by atoms with Crippen LogP contribution in [0.25, 0.3) is 0 Å². The van der Waals surface area contributed by atoms with Gasteiger partial charge in [0.1, 0.15) is 0 Å². The van der Waals surface area contributed by atoms with Crippen LogP contribution in [-0.2, 0) is 6.42 Å². The van der Waals surface area contributed by atoms with E-state index in [2.05, 4.69) is 28.2 Å². The second kappa shape index (κ2) is 5.91. The van der Waals surface area contributed by atoms with Crippen LogP contribution in [0.1, 0.15) is 29.8 Å². The molecule has 2 nitrogen and oxygen atoms in total. The molecular formula is C12H16BrNO. The molecule has 0 heterocycles. The molecule has 0 fully saturated rings. The molecule has 1 N–H and O–H groups in total. The predicted molar refractivity (Wildman–Crippen MR) is 66.5 cm³/mol. The number of halogens is 1. The van der Waals surface area contributed by atoms with Crippen molar-refractivity contribution < 1.29 is 4.79 Å². The van der Waals surface area contributed by atoms with Gasteiger partial charge in [-0.15, -0.1) is 0 Å². The first-order chi connectivity index (χ1) is 7.19. The van der Waals surface area contributed by atoms with E-state index >= 15 is 0 Å². The summed E-state index contributed by atoms with van der Waals surface area (Å²) < 4.78 is 0. The standard InChI is InChI=1S/C12H16BrNO/c1-3-10-6-4-5-7-11(10)12(15)14-9(2)8-13/h4-7,9H,3,8H2,1-2H3,(H,14,15). The molecule has 1 atom stereocenters. The van der Waals surface area contributed by atoms with Crippen molar-refractivity contribution in [1.29, 1.82) is 0 Å². The Morgan fingerprint density at radius 2 is 2.13 bits per heavy atom. The average molecular weight is 270 g/mol. The van der Waals surface area contributed by atoms with E-state index in [4.69, 9.17) is 0 Å². The summed E-state index contributed by atoms with van der Waals surface area (Å²) in [5.74, 6) is 0.0133. The number of alkyl halides is 1. The van der Waals surface area contributed by atoms with Gasteiger partial charge in [-0.05, 0) is 25.0 Å². The number of hydrogen-bond acceptors (Lipinski definition) is 1. The van der Waals surface area contributed by atoms with Crippen LogP contribution in [0.2, 0.25) is 0 Å². The van der Waals surface area contributed by atoms with E-state index in [0.717, 1.165) is 22.9 Å². The van der Waals surface area contributed by atoms with Crippen LogP contribution in [0, 0.1) is 0 Å². The third kappa shape index (κ3) is 3.34. The highest BCUT2D eigenvalue weighted by atomic mass is 79.9. The quantitative estimate of drug-likeness (QED) is 0.837. The molecule has 0 aliphatic rings.